The van der Waals surface area contributed by atoms with Crippen molar-refractivity contribution in [2.75, 3.05) is 5.32 Å². The summed E-state index contributed by atoms with van der Waals surface area (Å²) in [6.07, 6.45) is 0. The van der Waals surface area contributed by atoms with E-state index in [1.807, 2.05) is 0 Å². The molecule has 6 heteroatoms. The van der Waals surface area contributed by atoms with E-state index in [0.29, 0.717) is 0 Å². The van der Waals surface area contributed by atoms with Crippen LogP contribution in [0.3, 0.4) is 0 Å². The van der Waals surface area contributed by atoms with E-state index >= 15 is 0 Å². The van der Waals surface area contributed by atoms with Crippen molar-refractivity contribution in [3.8, 4) is 6.07 Å². The van der Waals surface area contributed by atoms with Gasteiger partial charge in [0.1, 0.15) is 39.7 Å². The number of allylic oxidation sites excluding steroid dienone is 1. The lowest BCUT2D eigenvalue weighted by molar-refractivity contribution is 0.350. The molecule has 0 saturated heterocycles. The smallest absolute Gasteiger partial charge is 0.149 e. The van der Waals surface area contributed by atoms with E-state index in [1.54, 1.807) is 19.9 Å². The summed E-state index contributed by atoms with van der Waals surface area (Å²) < 4.78 is 26.8. The van der Waals surface area contributed by atoms with Crippen molar-refractivity contribution in [1.82, 2.24) is 0 Å². The maximum absolute atomic E-state index is 13.4. The third-order valence-electron chi connectivity index (χ3n) is 2.34. The number of rotatable bonds is 3. The molecule has 2 N–H and O–H groups in total. The summed E-state index contributed by atoms with van der Waals surface area (Å²) >= 11 is 4.89. The Hall–Kier alpha value is -2.00. The second-order valence-electron chi connectivity index (χ2n) is 4.08. The lowest BCUT2D eigenvalue weighted by Gasteiger charge is -2.11. The van der Waals surface area contributed by atoms with Gasteiger partial charge in [0, 0.05) is 5.92 Å². The molecule has 0 unspecified atom stereocenters. The summed E-state index contributed by atoms with van der Waals surface area (Å²) in [5, 5.41) is 21.0. The highest BCUT2D eigenvalue weighted by molar-refractivity contribution is 7.81. The van der Waals surface area contributed by atoms with Crippen LogP contribution in [0.2, 0.25) is 0 Å². The number of halogens is 2. The van der Waals surface area contributed by atoms with E-state index < -0.39 is 17.3 Å². The number of thiocarbonyl (C=S) groups is 1. The molecule has 0 aliphatic carbocycles. The van der Waals surface area contributed by atoms with Gasteiger partial charge in [-0.25, -0.2) is 8.78 Å². The van der Waals surface area contributed by atoms with Gasteiger partial charge >= 0.3 is 0 Å². The summed E-state index contributed by atoms with van der Waals surface area (Å²) in [7, 11) is 0. The molecule has 19 heavy (non-hydrogen) atoms. The normalized spacial score (nSPS) is 11.8. The Morgan fingerprint density at radius 2 is 1.89 bits per heavy atom. The Balaban J connectivity index is 3.10. The van der Waals surface area contributed by atoms with Crippen molar-refractivity contribution in [2.45, 2.75) is 13.8 Å². The van der Waals surface area contributed by atoms with Crippen molar-refractivity contribution >= 4 is 22.9 Å². The molecule has 1 rings (SSSR count). The van der Waals surface area contributed by atoms with Gasteiger partial charge < -0.3 is 10.4 Å². The highest BCUT2D eigenvalue weighted by atomic mass is 32.1. The Morgan fingerprint density at radius 3 is 2.32 bits per heavy atom. The first-order chi connectivity index (χ1) is 8.88. The van der Waals surface area contributed by atoms with Crippen molar-refractivity contribution in [1.29, 1.82) is 5.26 Å². The van der Waals surface area contributed by atoms with Crippen LogP contribution in [0.1, 0.15) is 13.8 Å². The molecule has 1 aromatic rings. The average molecular weight is 282 g/mol. The second-order valence-corrected chi connectivity index (χ2v) is 4.49. The second kappa shape index (κ2) is 6.25. The van der Waals surface area contributed by atoms with E-state index in [9.17, 15) is 13.9 Å². The number of aliphatic hydroxyl groups excluding tert-OH is 1. The Bertz CT molecular complexity index is 556. The number of nitrogens with zero attached hydrogens (tertiary/aromatic N) is 1. The lowest BCUT2D eigenvalue weighted by atomic mass is 10.1. The Morgan fingerprint density at radius 1 is 1.37 bits per heavy atom. The molecule has 0 spiro atoms. The summed E-state index contributed by atoms with van der Waals surface area (Å²) in [5.41, 5.74) is -0.649. The Labute approximate surface area is 115 Å². The molecule has 1 aromatic carbocycles. The van der Waals surface area contributed by atoms with E-state index in [1.165, 1.54) is 6.07 Å². The fourth-order valence-electron chi connectivity index (χ4n) is 1.31. The van der Waals surface area contributed by atoms with Crippen molar-refractivity contribution in [2.24, 2.45) is 5.92 Å². The molecular weight excluding hydrogens is 270 g/mol. The Kier molecular flexibility index (Phi) is 4.95. The molecule has 0 bridgehead atoms. The van der Waals surface area contributed by atoms with E-state index in [4.69, 9.17) is 17.5 Å². The molecule has 0 heterocycles. The maximum Gasteiger partial charge on any atom is 0.149 e. The summed E-state index contributed by atoms with van der Waals surface area (Å²) in [4.78, 5) is -0.224. The van der Waals surface area contributed by atoms with Crippen molar-refractivity contribution in [3.63, 3.8) is 0 Å². The lowest BCUT2D eigenvalue weighted by Crippen LogP contribution is -2.16. The van der Waals surface area contributed by atoms with Crippen molar-refractivity contribution < 1.29 is 13.9 Å². The molecular formula is C13H12F2N2OS. The van der Waals surface area contributed by atoms with Crippen LogP contribution < -0.4 is 5.32 Å². The monoisotopic (exact) mass is 282 g/mol. The average Bonchev–Trinajstić information content (AvgIpc) is 2.34. The molecule has 0 aliphatic heterocycles. The number of hydrogen-bond acceptors (Lipinski definition) is 3. The van der Waals surface area contributed by atoms with Gasteiger partial charge in [-0.2, -0.15) is 5.26 Å². The summed E-state index contributed by atoms with van der Waals surface area (Å²) in [6.45, 7) is 3.33. The number of anilines is 1. The molecule has 0 aliphatic rings. The fraction of sp³-hybridized carbons (Fsp3) is 0.231. The van der Waals surface area contributed by atoms with Gasteiger partial charge in [0.25, 0.3) is 0 Å². The molecule has 0 aromatic heterocycles. The van der Waals surface area contributed by atoms with Gasteiger partial charge in [0.2, 0.25) is 0 Å². The molecule has 0 radical (unpaired) electrons. The first kappa shape index (κ1) is 15.1. The van der Waals surface area contributed by atoms with Crippen LogP contribution in [-0.2, 0) is 0 Å². The molecule has 3 nitrogen and oxygen atoms in total. The number of hydrogen-bond donors (Lipinski definition) is 2. The van der Waals surface area contributed by atoms with Gasteiger partial charge in [-0.15, -0.1) is 0 Å². The minimum atomic E-state index is -0.830. The van der Waals surface area contributed by atoms with E-state index in [2.05, 4.69) is 5.32 Å². The molecule has 0 atom stereocenters. The topological polar surface area (TPSA) is 56.0 Å². The maximum atomic E-state index is 13.4. The number of nitrogens with one attached hydrogen (secondary N) is 1. The highest BCUT2D eigenvalue weighted by Gasteiger charge is 2.17. The molecule has 0 fully saturated rings. The largest absolute Gasteiger partial charge is 0.511 e. The molecule has 0 amide bonds. The number of para-hydroxylation sites is 1. The number of benzene rings is 1. The zero-order chi connectivity index (χ0) is 14.6. The van der Waals surface area contributed by atoms with Crippen LogP contribution in [0.25, 0.3) is 0 Å². The highest BCUT2D eigenvalue weighted by Crippen LogP contribution is 2.20. The van der Waals surface area contributed by atoms with Crippen LogP contribution in [-0.4, -0.2) is 10.1 Å². The zero-order valence-corrected chi connectivity index (χ0v) is 11.2. The minimum Gasteiger partial charge on any atom is -0.511 e. The predicted octanol–water partition coefficient (Wildman–Crippen LogP) is 3.70. The predicted molar refractivity (Wildman–Crippen MR) is 72.7 cm³/mol. The standard InChI is InChI=1S/C13H12F2N2OS/c1-7(2)12(18)8(6-16)13(19)17-11-9(14)4-3-5-10(11)15/h3-5,7,18H,1-2H3,(H,17,19). The van der Waals surface area contributed by atoms with E-state index in [0.717, 1.165) is 12.1 Å². The first-order valence-electron chi connectivity index (χ1n) is 5.47. The van der Waals surface area contributed by atoms with Gasteiger partial charge in [-0.05, 0) is 12.1 Å². The quantitative estimate of drug-likeness (QED) is 0.384. The SMILES string of the molecule is CC(C)C(O)=C(C#N)C(=S)Nc1c(F)cccc1F. The van der Waals surface area contributed by atoms with Crippen LogP contribution in [0.4, 0.5) is 14.5 Å². The minimum absolute atomic E-state index is 0.201. The third kappa shape index (κ3) is 3.48. The fourth-order valence-corrected chi connectivity index (χ4v) is 1.56. The van der Waals surface area contributed by atoms with Crippen LogP contribution in [0.15, 0.2) is 29.5 Å². The van der Waals surface area contributed by atoms with Crippen LogP contribution in [0.5, 0.6) is 0 Å². The van der Waals surface area contributed by atoms with E-state index in [-0.39, 0.29) is 22.2 Å². The van der Waals surface area contributed by atoms with Gasteiger partial charge in [-0.1, -0.05) is 32.1 Å². The summed E-state index contributed by atoms with van der Waals surface area (Å²) in [5.74, 6) is -2.20. The zero-order valence-electron chi connectivity index (χ0n) is 10.4. The third-order valence-corrected chi connectivity index (χ3v) is 2.65. The van der Waals surface area contributed by atoms with Gasteiger partial charge in [0.15, 0.2) is 0 Å². The van der Waals surface area contributed by atoms with Crippen molar-refractivity contribution in [3.05, 3.63) is 41.2 Å². The number of nitriles is 1. The summed E-state index contributed by atoms with van der Waals surface area (Å²) in [6, 6.07) is 5.06. The number of aliphatic hydroxyl groups is 1. The van der Waals surface area contributed by atoms with Gasteiger partial charge in [0.05, 0.1) is 0 Å². The molecule has 100 valence electrons. The first-order valence-corrected chi connectivity index (χ1v) is 5.87. The van der Waals surface area contributed by atoms with Gasteiger partial charge in [-0.3, -0.25) is 0 Å². The van der Waals surface area contributed by atoms with Crippen LogP contribution in [0, 0.1) is 28.9 Å². The molecule has 0 saturated carbocycles. The van der Waals surface area contributed by atoms with Crippen LogP contribution >= 0.6 is 12.2 Å².